The van der Waals surface area contributed by atoms with Crippen LogP contribution in [0.2, 0.25) is 0 Å². The minimum absolute atomic E-state index is 0.261. The van der Waals surface area contributed by atoms with Gasteiger partial charge in [-0.3, -0.25) is 4.79 Å². The van der Waals surface area contributed by atoms with Crippen molar-refractivity contribution in [3.63, 3.8) is 0 Å². The summed E-state index contributed by atoms with van der Waals surface area (Å²) in [7, 11) is 0. The summed E-state index contributed by atoms with van der Waals surface area (Å²) in [6.45, 7) is 6.50. The number of nitrogens with zero attached hydrogens (tertiary/aromatic N) is 4. The number of carbonyl (C=O) groups excluding carboxylic acids is 1. The zero-order valence-electron chi connectivity index (χ0n) is 16.3. The molecule has 2 aromatic heterocycles. The molecule has 0 aliphatic carbocycles. The van der Waals surface area contributed by atoms with Crippen LogP contribution >= 0.6 is 0 Å². The molecule has 3 aromatic rings. The monoisotopic (exact) mass is 394 g/mol. The summed E-state index contributed by atoms with van der Waals surface area (Å²) in [5, 5.41) is 9.80. The summed E-state index contributed by atoms with van der Waals surface area (Å²) in [4.78, 5) is 23.7. The minimum atomic E-state index is -0.310. The van der Waals surface area contributed by atoms with Crippen LogP contribution in [0.1, 0.15) is 21.9 Å². The third-order valence-corrected chi connectivity index (χ3v) is 4.46. The van der Waals surface area contributed by atoms with E-state index in [0.29, 0.717) is 30.5 Å². The molecule has 9 nitrogen and oxygen atoms in total. The molecule has 0 unspecified atom stereocenters. The van der Waals surface area contributed by atoms with Crippen LogP contribution < -0.4 is 15.5 Å². The predicted molar refractivity (Wildman–Crippen MR) is 109 cm³/mol. The van der Waals surface area contributed by atoms with Crippen molar-refractivity contribution in [1.29, 1.82) is 0 Å². The first kappa shape index (κ1) is 18.9. The fourth-order valence-corrected chi connectivity index (χ4v) is 3.13. The zero-order valence-corrected chi connectivity index (χ0v) is 16.3. The predicted octanol–water partition coefficient (Wildman–Crippen LogP) is 2.91. The lowest BCUT2D eigenvalue weighted by molar-refractivity contribution is 0.102. The molecule has 0 saturated carbocycles. The molecule has 1 aliphatic rings. The average molecular weight is 394 g/mol. The van der Waals surface area contributed by atoms with Gasteiger partial charge in [-0.25, -0.2) is 9.97 Å². The van der Waals surface area contributed by atoms with Crippen LogP contribution in [-0.4, -0.2) is 47.3 Å². The third-order valence-electron chi connectivity index (χ3n) is 4.46. The van der Waals surface area contributed by atoms with Crippen LogP contribution in [0.25, 0.3) is 0 Å². The van der Waals surface area contributed by atoms with E-state index in [2.05, 4.69) is 30.7 Å². The summed E-state index contributed by atoms with van der Waals surface area (Å²) in [5.74, 6) is 1.12. The Morgan fingerprint density at radius 2 is 1.90 bits per heavy atom. The first-order chi connectivity index (χ1) is 14.1. The van der Waals surface area contributed by atoms with E-state index < -0.39 is 0 Å². The van der Waals surface area contributed by atoms with Gasteiger partial charge in [0.25, 0.3) is 5.91 Å². The van der Waals surface area contributed by atoms with Crippen molar-refractivity contribution in [2.75, 3.05) is 41.8 Å². The second-order valence-electron chi connectivity index (χ2n) is 6.74. The number of amides is 1. The van der Waals surface area contributed by atoms with Crippen LogP contribution in [0, 0.1) is 13.8 Å². The van der Waals surface area contributed by atoms with Gasteiger partial charge < -0.3 is 24.8 Å². The quantitative estimate of drug-likeness (QED) is 0.680. The normalized spacial score (nSPS) is 13.9. The van der Waals surface area contributed by atoms with Crippen molar-refractivity contribution >= 4 is 29.0 Å². The number of carbonyl (C=O) groups is 1. The molecule has 9 heteroatoms. The number of anilines is 4. The molecule has 1 aliphatic heterocycles. The maximum absolute atomic E-state index is 12.9. The summed E-state index contributed by atoms with van der Waals surface area (Å²) in [6.07, 6.45) is 0. The van der Waals surface area contributed by atoms with E-state index in [1.54, 1.807) is 26.0 Å². The van der Waals surface area contributed by atoms with Gasteiger partial charge in [-0.05, 0) is 32.0 Å². The number of nitrogens with one attached hydrogen (secondary N) is 2. The molecule has 1 fully saturated rings. The second-order valence-corrected chi connectivity index (χ2v) is 6.74. The number of hydrogen-bond donors (Lipinski definition) is 2. The Kier molecular flexibility index (Phi) is 5.39. The van der Waals surface area contributed by atoms with Crippen molar-refractivity contribution in [2.45, 2.75) is 13.8 Å². The van der Waals surface area contributed by atoms with Crippen LogP contribution in [-0.2, 0) is 4.74 Å². The summed E-state index contributed by atoms with van der Waals surface area (Å²) < 4.78 is 10.5. The molecule has 150 valence electrons. The van der Waals surface area contributed by atoms with Gasteiger partial charge in [-0.15, -0.1) is 0 Å². The van der Waals surface area contributed by atoms with E-state index in [1.807, 2.05) is 24.3 Å². The number of ether oxygens (including phenoxy) is 1. The molecule has 1 saturated heterocycles. The average Bonchev–Trinajstić information content (AvgIpc) is 3.13. The number of benzene rings is 1. The molecule has 0 spiro atoms. The Balaban J connectivity index is 1.54. The number of rotatable bonds is 5. The standard InChI is InChI=1S/C20H22N6O3/c1-13-11-16(23-20(21-13)24-18-12-14(2)29-25-18)19(27)22-15-5-3-4-6-17(15)26-7-9-28-10-8-26/h3-6,11-12H,7-10H2,1-2H3,(H,22,27)(H,21,23,24,25). The molecule has 0 atom stereocenters. The van der Waals surface area contributed by atoms with Crippen LogP contribution in [0.3, 0.4) is 0 Å². The molecule has 1 amide bonds. The fourth-order valence-electron chi connectivity index (χ4n) is 3.13. The molecular formula is C20H22N6O3. The topological polar surface area (TPSA) is 105 Å². The highest BCUT2D eigenvalue weighted by molar-refractivity contribution is 6.05. The molecular weight excluding hydrogens is 372 g/mol. The highest BCUT2D eigenvalue weighted by Crippen LogP contribution is 2.27. The van der Waals surface area contributed by atoms with Crippen LogP contribution in [0.4, 0.5) is 23.1 Å². The summed E-state index contributed by atoms with van der Waals surface area (Å²) >= 11 is 0. The van der Waals surface area contributed by atoms with Gasteiger partial charge in [0.15, 0.2) is 5.82 Å². The van der Waals surface area contributed by atoms with Crippen LogP contribution in [0.5, 0.6) is 0 Å². The third kappa shape index (κ3) is 4.52. The molecule has 3 heterocycles. The van der Waals surface area contributed by atoms with Gasteiger partial charge in [0.1, 0.15) is 11.5 Å². The number of aryl methyl sites for hydroxylation is 2. The maximum Gasteiger partial charge on any atom is 0.274 e. The Morgan fingerprint density at radius 3 is 2.66 bits per heavy atom. The number of morpholine rings is 1. The van der Waals surface area contributed by atoms with Gasteiger partial charge in [-0.2, -0.15) is 0 Å². The zero-order chi connectivity index (χ0) is 20.2. The van der Waals surface area contributed by atoms with E-state index in [0.717, 1.165) is 24.5 Å². The van der Waals surface area contributed by atoms with Crippen molar-refractivity contribution in [3.05, 3.63) is 53.5 Å². The lowest BCUT2D eigenvalue weighted by Gasteiger charge is -2.30. The largest absolute Gasteiger partial charge is 0.378 e. The maximum atomic E-state index is 12.9. The minimum Gasteiger partial charge on any atom is -0.378 e. The molecule has 1 aromatic carbocycles. The highest BCUT2D eigenvalue weighted by atomic mass is 16.5. The van der Waals surface area contributed by atoms with E-state index in [4.69, 9.17) is 9.26 Å². The summed E-state index contributed by atoms with van der Waals surface area (Å²) in [5.41, 5.74) is 2.62. The first-order valence-electron chi connectivity index (χ1n) is 9.37. The SMILES string of the molecule is Cc1cc(C(=O)Nc2ccccc2N2CCOCC2)nc(Nc2cc(C)on2)n1. The molecule has 29 heavy (non-hydrogen) atoms. The van der Waals surface area contributed by atoms with Crippen molar-refractivity contribution in [2.24, 2.45) is 0 Å². The van der Waals surface area contributed by atoms with E-state index in [9.17, 15) is 4.79 Å². The van der Waals surface area contributed by atoms with E-state index in [1.165, 1.54) is 0 Å². The smallest absolute Gasteiger partial charge is 0.274 e. The van der Waals surface area contributed by atoms with Gasteiger partial charge >= 0.3 is 0 Å². The molecule has 0 bridgehead atoms. The van der Waals surface area contributed by atoms with E-state index >= 15 is 0 Å². The Morgan fingerprint density at radius 1 is 1.10 bits per heavy atom. The van der Waals surface area contributed by atoms with Crippen LogP contribution in [0.15, 0.2) is 40.9 Å². The van der Waals surface area contributed by atoms with Gasteiger partial charge in [0, 0.05) is 24.8 Å². The van der Waals surface area contributed by atoms with E-state index in [-0.39, 0.29) is 17.5 Å². The number of hydrogen-bond acceptors (Lipinski definition) is 8. The molecule has 4 rings (SSSR count). The molecule has 2 N–H and O–H groups in total. The number of para-hydroxylation sites is 2. The Hall–Kier alpha value is -3.46. The number of aromatic nitrogens is 3. The lowest BCUT2D eigenvalue weighted by atomic mass is 10.2. The van der Waals surface area contributed by atoms with Gasteiger partial charge in [0.05, 0.1) is 24.6 Å². The summed E-state index contributed by atoms with van der Waals surface area (Å²) in [6, 6.07) is 11.1. The van der Waals surface area contributed by atoms with Crippen molar-refractivity contribution in [1.82, 2.24) is 15.1 Å². The second kappa shape index (κ2) is 8.27. The highest BCUT2D eigenvalue weighted by Gasteiger charge is 2.18. The van der Waals surface area contributed by atoms with Gasteiger partial charge in [-0.1, -0.05) is 17.3 Å². The Bertz CT molecular complexity index is 1010. The molecule has 0 radical (unpaired) electrons. The first-order valence-corrected chi connectivity index (χ1v) is 9.37. The van der Waals surface area contributed by atoms with Crippen molar-refractivity contribution < 1.29 is 14.1 Å². The van der Waals surface area contributed by atoms with Gasteiger partial charge in [0.2, 0.25) is 5.95 Å². The lowest BCUT2D eigenvalue weighted by Crippen LogP contribution is -2.36. The Labute approximate surface area is 168 Å². The van der Waals surface area contributed by atoms with Crippen molar-refractivity contribution in [3.8, 4) is 0 Å². The fraction of sp³-hybridized carbons (Fsp3) is 0.300.